The molecule has 0 spiro atoms. The summed E-state index contributed by atoms with van der Waals surface area (Å²) in [6.07, 6.45) is 2.38. The van der Waals surface area contributed by atoms with Gasteiger partial charge in [-0.2, -0.15) is 10.1 Å². The van der Waals surface area contributed by atoms with Crippen LogP contribution in [-0.4, -0.2) is 20.8 Å². The molecule has 0 bridgehead atoms. The van der Waals surface area contributed by atoms with Crippen molar-refractivity contribution in [2.24, 2.45) is 0 Å². The summed E-state index contributed by atoms with van der Waals surface area (Å²) in [5, 5.41) is 7.62. The first-order chi connectivity index (χ1) is 5.75. The first-order valence-electron chi connectivity index (χ1n) is 4.43. The Morgan fingerprint density at radius 2 is 2.42 bits per heavy atom. The molecule has 4 heteroatoms. The Kier molecular flexibility index (Phi) is 1.75. The van der Waals surface area contributed by atoms with Gasteiger partial charge in [0, 0.05) is 12.6 Å². The Hall–Kier alpha value is -1.06. The molecular weight excluding hydrogens is 152 g/mol. The third-order valence-corrected chi connectivity index (χ3v) is 2.16. The van der Waals surface area contributed by atoms with E-state index in [1.165, 1.54) is 12.8 Å². The maximum atomic E-state index is 4.30. The number of aromatic nitrogens is 3. The van der Waals surface area contributed by atoms with Gasteiger partial charge in [0.1, 0.15) is 5.82 Å². The molecule has 0 saturated carbocycles. The Labute approximate surface area is 72.0 Å². The smallest absolute Gasteiger partial charge is 0.221 e. The number of nitrogens with one attached hydrogen (secondary N) is 1. The van der Waals surface area contributed by atoms with Gasteiger partial charge in [0.15, 0.2) is 0 Å². The molecule has 1 aromatic rings. The lowest BCUT2D eigenvalue weighted by Gasteiger charge is -2.07. The van der Waals surface area contributed by atoms with Crippen LogP contribution in [0.3, 0.4) is 0 Å². The number of anilines is 1. The van der Waals surface area contributed by atoms with Crippen molar-refractivity contribution in [3.8, 4) is 0 Å². The van der Waals surface area contributed by atoms with Crippen molar-refractivity contribution in [1.29, 1.82) is 0 Å². The van der Waals surface area contributed by atoms with Crippen LogP contribution in [0.5, 0.6) is 0 Å². The minimum absolute atomic E-state index is 0.523. The average molecular weight is 166 g/mol. The molecule has 2 rings (SSSR count). The summed E-state index contributed by atoms with van der Waals surface area (Å²) in [4.78, 5) is 4.30. The van der Waals surface area contributed by atoms with E-state index in [9.17, 15) is 0 Å². The molecule has 1 aliphatic heterocycles. The van der Waals surface area contributed by atoms with Crippen LogP contribution in [0, 0.1) is 6.92 Å². The van der Waals surface area contributed by atoms with Crippen molar-refractivity contribution in [2.75, 3.05) is 5.32 Å². The van der Waals surface area contributed by atoms with E-state index in [4.69, 9.17) is 0 Å². The van der Waals surface area contributed by atoms with E-state index in [2.05, 4.69) is 22.3 Å². The molecule has 0 aliphatic carbocycles. The number of rotatable bonds is 0. The monoisotopic (exact) mass is 166 g/mol. The molecule has 12 heavy (non-hydrogen) atoms. The van der Waals surface area contributed by atoms with Crippen molar-refractivity contribution in [3.05, 3.63) is 5.82 Å². The molecule has 1 atom stereocenters. The fourth-order valence-electron chi connectivity index (χ4n) is 1.56. The van der Waals surface area contributed by atoms with Crippen LogP contribution in [0.15, 0.2) is 0 Å². The van der Waals surface area contributed by atoms with Gasteiger partial charge in [-0.15, -0.1) is 0 Å². The summed E-state index contributed by atoms with van der Waals surface area (Å²) in [6.45, 7) is 5.10. The zero-order valence-corrected chi connectivity index (χ0v) is 7.54. The zero-order chi connectivity index (χ0) is 8.55. The minimum Gasteiger partial charge on any atom is -0.352 e. The Balaban J connectivity index is 2.30. The van der Waals surface area contributed by atoms with Crippen LogP contribution in [0.2, 0.25) is 0 Å². The van der Waals surface area contributed by atoms with E-state index < -0.39 is 0 Å². The molecule has 0 aromatic carbocycles. The van der Waals surface area contributed by atoms with Gasteiger partial charge < -0.3 is 5.32 Å². The predicted molar refractivity (Wildman–Crippen MR) is 47.1 cm³/mol. The van der Waals surface area contributed by atoms with Crippen LogP contribution < -0.4 is 5.32 Å². The molecule has 4 nitrogen and oxygen atoms in total. The van der Waals surface area contributed by atoms with E-state index in [1.807, 2.05) is 11.6 Å². The molecule has 1 aromatic heterocycles. The summed E-state index contributed by atoms with van der Waals surface area (Å²) in [5.74, 6) is 1.78. The van der Waals surface area contributed by atoms with Gasteiger partial charge in [-0.25, -0.2) is 4.68 Å². The zero-order valence-electron chi connectivity index (χ0n) is 7.54. The summed E-state index contributed by atoms with van der Waals surface area (Å²) in [5.41, 5.74) is 0. The van der Waals surface area contributed by atoms with E-state index >= 15 is 0 Å². The van der Waals surface area contributed by atoms with Gasteiger partial charge in [-0.3, -0.25) is 0 Å². The molecule has 0 radical (unpaired) electrons. The van der Waals surface area contributed by atoms with Crippen LogP contribution in [0.4, 0.5) is 5.95 Å². The van der Waals surface area contributed by atoms with Crippen LogP contribution in [-0.2, 0) is 6.54 Å². The molecule has 2 heterocycles. The Morgan fingerprint density at radius 3 is 3.25 bits per heavy atom. The number of aryl methyl sites for hydroxylation is 2. The molecule has 1 unspecified atom stereocenters. The van der Waals surface area contributed by atoms with Crippen LogP contribution in [0.25, 0.3) is 0 Å². The van der Waals surface area contributed by atoms with Gasteiger partial charge >= 0.3 is 0 Å². The molecule has 0 amide bonds. The maximum Gasteiger partial charge on any atom is 0.221 e. The highest BCUT2D eigenvalue weighted by molar-refractivity contribution is 5.27. The van der Waals surface area contributed by atoms with Crippen molar-refractivity contribution in [1.82, 2.24) is 14.8 Å². The second-order valence-corrected chi connectivity index (χ2v) is 3.39. The summed E-state index contributed by atoms with van der Waals surface area (Å²) in [6, 6.07) is 0.523. The third-order valence-electron chi connectivity index (χ3n) is 2.16. The highest BCUT2D eigenvalue weighted by Gasteiger charge is 2.13. The summed E-state index contributed by atoms with van der Waals surface area (Å²) >= 11 is 0. The van der Waals surface area contributed by atoms with Crippen LogP contribution in [0.1, 0.15) is 25.6 Å². The standard InChI is InChI=1S/C8H14N4/c1-6-4-3-5-12-8(9-6)10-7(2)11-12/h6H,3-5H2,1-2H3,(H,9,10,11). The van der Waals surface area contributed by atoms with E-state index in [0.717, 1.165) is 18.3 Å². The highest BCUT2D eigenvalue weighted by atomic mass is 15.4. The number of hydrogen-bond donors (Lipinski definition) is 1. The second-order valence-electron chi connectivity index (χ2n) is 3.39. The maximum absolute atomic E-state index is 4.30. The van der Waals surface area contributed by atoms with Gasteiger partial charge in [-0.1, -0.05) is 0 Å². The molecular formula is C8H14N4. The van der Waals surface area contributed by atoms with Crippen molar-refractivity contribution < 1.29 is 0 Å². The molecule has 1 aliphatic rings. The first-order valence-corrected chi connectivity index (χ1v) is 4.43. The largest absolute Gasteiger partial charge is 0.352 e. The molecule has 0 fully saturated rings. The normalized spacial score (nSPS) is 22.7. The molecule has 0 saturated heterocycles. The SMILES string of the molecule is Cc1nc2n(n1)CCCC(C)N2. The van der Waals surface area contributed by atoms with E-state index in [-0.39, 0.29) is 0 Å². The highest BCUT2D eigenvalue weighted by Crippen LogP contribution is 2.14. The quantitative estimate of drug-likeness (QED) is 0.629. The Bertz CT molecular complexity index is 279. The number of nitrogens with zero attached hydrogens (tertiary/aromatic N) is 3. The fourth-order valence-corrected chi connectivity index (χ4v) is 1.56. The first kappa shape index (κ1) is 7.58. The summed E-state index contributed by atoms with van der Waals surface area (Å²) < 4.78 is 1.96. The van der Waals surface area contributed by atoms with Gasteiger partial charge in [0.2, 0.25) is 5.95 Å². The van der Waals surface area contributed by atoms with Gasteiger partial charge in [-0.05, 0) is 26.7 Å². The van der Waals surface area contributed by atoms with Crippen molar-refractivity contribution in [2.45, 2.75) is 39.3 Å². The van der Waals surface area contributed by atoms with E-state index in [1.54, 1.807) is 0 Å². The fraction of sp³-hybridized carbons (Fsp3) is 0.750. The topological polar surface area (TPSA) is 42.7 Å². The third kappa shape index (κ3) is 1.29. The van der Waals surface area contributed by atoms with Crippen molar-refractivity contribution in [3.63, 3.8) is 0 Å². The van der Waals surface area contributed by atoms with E-state index in [0.29, 0.717) is 6.04 Å². The lowest BCUT2D eigenvalue weighted by atomic mass is 10.2. The average Bonchev–Trinajstić information content (AvgIpc) is 2.23. The van der Waals surface area contributed by atoms with Crippen molar-refractivity contribution >= 4 is 5.95 Å². The minimum atomic E-state index is 0.523. The number of fused-ring (bicyclic) bond motifs is 1. The molecule has 1 N–H and O–H groups in total. The lowest BCUT2D eigenvalue weighted by Crippen LogP contribution is -2.14. The Morgan fingerprint density at radius 1 is 1.58 bits per heavy atom. The summed E-state index contributed by atoms with van der Waals surface area (Å²) in [7, 11) is 0. The number of hydrogen-bond acceptors (Lipinski definition) is 3. The van der Waals surface area contributed by atoms with Gasteiger partial charge in [0.05, 0.1) is 0 Å². The van der Waals surface area contributed by atoms with Crippen LogP contribution >= 0.6 is 0 Å². The predicted octanol–water partition coefficient (Wildman–Crippen LogP) is 1.18. The lowest BCUT2D eigenvalue weighted by molar-refractivity contribution is 0.570. The molecule has 66 valence electrons. The van der Waals surface area contributed by atoms with Gasteiger partial charge in [0.25, 0.3) is 0 Å². The second kappa shape index (κ2) is 2.77.